The van der Waals surface area contributed by atoms with Crippen LogP contribution in [0.2, 0.25) is 0 Å². The fourth-order valence-electron chi connectivity index (χ4n) is 3.20. The van der Waals surface area contributed by atoms with Crippen molar-refractivity contribution in [3.8, 4) is 0 Å². The van der Waals surface area contributed by atoms with Crippen molar-refractivity contribution in [2.45, 2.75) is 70.8 Å². The first-order valence-corrected chi connectivity index (χ1v) is 7.61. The van der Waals surface area contributed by atoms with E-state index in [2.05, 4.69) is 13.8 Å². The Hall–Kier alpha value is -0.370. The molecule has 0 N–H and O–H groups in total. The Kier molecular flexibility index (Phi) is 4.47. The van der Waals surface area contributed by atoms with E-state index in [4.69, 9.17) is 4.74 Å². The van der Waals surface area contributed by atoms with Gasteiger partial charge in [0, 0.05) is 19.4 Å². The molecule has 104 valence electrons. The molecule has 0 radical (unpaired) electrons. The number of ketones is 1. The lowest BCUT2D eigenvalue weighted by Crippen LogP contribution is -2.38. The number of Topliss-reactive ketones (excluding diaryl/α,β-unsaturated/α-hetero) is 1. The Labute approximate surface area is 111 Å². The Morgan fingerprint density at radius 3 is 2.00 bits per heavy atom. The van der Waals surface area contributed by atoms with Crippen LogP contribution >= 0.6 is 0 Å². The predicted octanol–water partition coefficient (Wildman–Crippen LogP) is 3.98. The molecule has 2 heteroatoms. The second kappa shape index (κ2) is 5.73. The average Bonchev–Trinajstić information content (AvgIpc) is 2.20. The van der Waals surface area contributed by atoms with Gasteiger partial charge in [-0.3, -0.25) is 4.79 Å². The van der Waals surface area contributed by atoms with Crippen LogP contribution in [0.5, 0.6) is 0 Å². The zero-order valence-electron chi connectivity index (χ0n) is 12.2. The van der Waals surface area contributed by atoms with Crippen LogP contribution in [0.1, 0.15) is 65.2 Å². The summed E-state index contributed by atoms with van der Waals surface area (Å²) in [5.74, 6) is 2.34. The molecule has 0 saturated heterocycles. The van der Waals surface area contributed by atoms with Crippen molar-refractivity contribution in [2.75, 3.05) is 7.11 Å². The van der Waals surface area contributed by atoms with E-state index in [-0.39, 0.29) is 5.60 Å². The molecule has 0 atom stereocenters. The van der Waals surface area contributed by atoms with Crippen molar-refractivity contribution in [3.05, 3.63) is 0 Å². The van der Waals surface area contributed by atoms with Gasteiger partial charge in [-0.15, -0.1) is 0 Å². The van der Waals surface area contributed by atoms with Gasteiger partial charge in [0.2, 0.25) is 0 Å². The van der Waals surface area contributed by atoms with Crippen molar-refractivity contribution >= 4 is 5.78 Å². The fraction of sp³-hybridized carbons (Fsp3) is 0.938. The molecule has 0 heterocycles. The molecule has 0 aromatic heterocycles. The summed E-state index contributed by atoms with van der Waals surface area (Å²) in [4.78, 5) is 12.5. The third-order valence-electron chi connectivity index (χ3n) is 5.21. The van der Waals surface area contributed by atoms with Gasteiger partial charge in [-0.2, -0.15) is 0 Å². The molecule has 2 fully saturated rings. The van der Waals surface area contributed by atoms with Gasteiger partial charge in [0.25, 0.3) is 0 Å². The molecule has 18 heavy (non-hydrogen) atoms. The number of hydrogen-bond donors (Lipinski definition) is 0. The molecule has 2 aliphatic rings. The van der Waals surface area contributed by atoms with E-state index in [1.54, 1.807) is 7.11 Å². The van der Waals surface area contributed by atoms with Gasteiger partial charge in [-0.1, -0.05) is 12.8 Å². The SMILES string of the molecule is COC(C)(C)CCC(=O)C(C1CCC1)C1CCC1. The highest BCUT2D eigenvalue weighted by atomic mass is 16.5. The van der Waals surface area contributed by atoms with Gasteiger partial charge in [0.05, 0.1) is 5.60 Å². The van der Waals surface area contributed by atoms with Crippen LogP contribution in [0, 0.1) is 17.8 Å². The summed E-state index contributed by atoms with van der Waals surface area (Å²) >= 11 is 0. The molecule has 2 nitrogen and oxygen atoms in total. The van der Waals surface area contributed by atoms with Gasteiger partial charge in [0.15, 0.2) is 0 Å². The zero-order chi connectivity index (χ0) is 13.2. The molecule has 0 unspecified atom stereocenters. The summed E-state index contributed by atoms with van der Waals surface area (Å²) < 4.78 is 5.42. The molecule has 0 spiro atoms. The van der Waals surface area contributed by atoms with Crippen LogP contribution < -0.4 is 0 Å². The fourth-order valence-corrected chi connectivity index (χ4v) is 3.20. The first-order chi connectivity index (χ1) is 8.53. The molecule has 0 aromatic rings. The molecular weight excluding hydrogens is 224 g/mol. The molecule has 0 amide bonds. The largest absolute Gasteiger partial charge is 0.379 e. The van der Waals surface area contributed by atoms with Crippen molar-refractivity contribution in [1.29, 1.82) is 0 Å². The number of hydrogen-bond acceptors (Lipinski definition) is 2. The minimum Gasteiger partial charge on any atom is -0.379 e. The second-order valence-corrected chi connectivity index (χ2v) is 6.84. The van der Waals surface area contributed by atoms with Gasteiger partial charge in [-0.05, 0) is 57.8 Å². The lowest BCUT2D eigenvalue weighted by Gasteiger charge is -2.42. The van der Waals surface area contributed by atoms with E-state index in [1.165, 1.54) is 38.5 Å². The molecule has 2 rings (SSSR count). The quantitative estimate of drug-likeness (QED) is 0.685. The summed E-state index contributed by atoms with van der Waals surface area (Å²) in [5.41, 5.74) is -0.153. The van der Waals surface area contributed by atoms with Crippen LogP contribution in [0.15, 0.2) is 0 Å². The third kappa shape index (κ3) is 3.14. The number of methoxy groups -OCH3 is 1. The van der Waals surface area contributed by atoms with E-state index < -0.39 is 0 Å². The second-order valence-electron chi connectivity index (χ2n) is 6.84. The first kappa shape index (κ1) is 14.0. The molecular formula is C16H28O2. The zero-order valence-corrected chi connectivity index (χ0v) is 12.2. The van der Waals surface area contributed by atoms with E-state index in [9.17, 15) is 4.79 Å². The molecule has 0 aromatic carbocycles. The van der Waals surface area contributed by atoms with Gasteiger partial charge < -0.3 is 4.74 Å². The number of rotatable bonds is 7. The van der Waals surface area contributed by atoms with E-state index in [0.717, 1.165) is 6.42 Å². The maximum atomic E-state index is 12.5. The van der Waals surface area contributed by atoms with Gasteiger partial charge >= 0.3 is 0 Å². The molecule has 0 aliphatic heterocycles. The Balaban J connectivity index is 1.87. The summed E-state index contributed by atoms with van der Waals surface area (Å²) in [6.07, 6.45) is 9.41. The summed E-state index contributed by atoms with van der Waals surface area (Å²) in [6.45, 7) is 4.14. The maximum absolute atomic E-state index is 12.5. The van der Waals surface area contributed by atoms with Crippen LogP contribution in [-0.2, 0) is 9.53 Å². The summed E-state index contributed by atoms with van der Waals surface area (Å²) in [6, 6.07) is 0. The van der Waals surface area contributed by atoms with Crippen molar-refractivity contribution < 1.29 is 9.53 Å². The first-order valence-electron chi connectivity index (χ1n) is 7.61. The number of carbonyl (C=O) groups is 1. The topological polar surface area (TPSA) is 26.3 Å². The smallest absolute Gasteiger partial charge is 0.136 e. The normalized spacial score (nSPS) is 21.8. The lowest BCUT2D eigenvalue weighted by atomic mass is 9.62. The number of carbonyl (C=O) groups excluding carboxylic acids is 1. The standard InChI is InChI=1S/C16H28O2/c1-16(2,18-3)11-10-14(17)15(12-6-4-7-12)13-8-5-9-13/h12-13,15H,4-11H2,1-3H3. The van der Waals surface area contributed by atoms with Gasteiger partial charge in [-0.25, -0.2) is 0 Å². The van der Waals surface area contributed by atoms with Crippen LogP contribution in [0.3, 0.4) is 0 Å². The van der Waals surface area contributed by atoms with Crippen LogP contribution in [0.4, 0.5) is 0 Å². The lowest BCUT2D eigenvalue weighted by molar-refractivity contribution is -0.130. The highest BCUT2D eigenvalue weighted by Crippen LogP contribution is 2.45. The van der Waals surface area contributed by atoms with Crippen molar-refractivity contribution in [2.24, 2.45) is 17.8 Å². The molecule has 2 aliphatic carbocycles. The highest BCUT2D eigenvalue weighted by Gasteiger charge is 2.40. The van der Waals surface area contributed by atoms with Crippen LogP contribution in [0.25, 0.3) is 0 Å². The minimum absolute atomic E-state index is 0.153. The van der Waals surface area contributed by atoms with Crippen molar-refractivity contribution in [1.82, 2.24) is 0 Å². The third-order valence-corrected chi connectivity index (χ3v) is 5.21. The Morgan fingerprint density at radius 2 is 1.67 bits per heavy atom. The highest BCUT2D eigenvalue weighted by molar-refractivity contribution is 5.81. The van der Waals surface area contributed by atoms with E-state index in [0.29, 0.717) is 30.0 Å². The van der Waals surface area contributed by atoms with E-state index in [1.807, 2.05) is 0 Å². The summed E-state index contributed by atoms with van der Waals surface area (Å²) in [7, 11) is 1.74. The Morgan fingerprint density at radius 1 is 1.17 bits per heavy atom. The monoisotopic (exact) mass is 252 g/mol. The van der Waals surface area contributed by atoms with Crippen LogP contribution in [-0.4, -0.2) is 18.5 Å². The van der Waals surface area contributed by atoms with Crippen molar-refractivity contribution in [3.63, 3.8) is 0 Å². The average molecular weight is 252 g/mol. The maximum Gasteiger partial charge on any atom is 0.136 e. The predicted molar refractivity (Wildman–Crippen MR) is 73.5 cm³/mol. The van der Waals surface area contributed by atoms with Gasteiger partial charge in [0.1, 0.15) is 5.78 Å². The number of ether oxygens (including phenoxy) is 1. The van der Waals surface area contributed by atoms with E-state index >= 15 is 0 Å². The summed E-state index contributed by atoms with van der Waals surface area (Å²) in [5, 5.41) is 0. The minimum atomic E-state index is -0.153. The molecule has 0 bridgehead atoms. The molecule has 2 saturated carbocycles. The Bertz CT molecular complexity index is 273.